The summed E-state index contributed by atoms with van der Waals surface area (Å²) in [5.41, 5.74) is -4.12. The van der Waals surface area contributed by atoms with Crippen molar-refractivity contribution < 1.29 is 41.0 Å². The molecular weight excluding hydrogens is 399 g/mol. The predicted molar refractivity (Wildman–Crippen MR) is 94.8 cm³/mol. The topological polar surface area (TPSA) is 100 Å². The van der Waals surface area contributed by atoms with Gasteiger partial charge >= 0.3 is 11.5 Å². The van der Waals surface area contributed by atoms with Crippen LogP contribution >= 0.6 is 0 Å². The molecule has 0 radical (unpaired) electrons. The van der Waals surface area contributed by atoms with Crippen molar-refractivity contribution in [1.29, 1.82) is 0 Å². The molecule has 0 spiro atoms. The first-order chi connectivity index (χ1) is 12.7. The summed E-state index contributed by atoms with van der Waals surface area (Å²) in [6, 6.07) is 11.1. The highest BCUT2D eigenvalue weighted by Crippen LogP contribution is 2.40. The molecule has 1 aliphatic rings. The summed E-state index contributed by atoms with van der Waals surface area (Å²) in [5, 5.41) is 2.34. The maximum absolute atomic E-state index is 12.0. The molecule has 0 aromatic heterocycles. The zero-order chi connectivity index (χ0) is 21.8. The molecule has 0 aliphatic heterocycles. The van der Waals surface area contributed by atoms with Crippen LogP contribution < -0.4 is 5.32 Å². The number of carbonyl (C=O) groups is 1. The first-order valence-electron chi connectivity index (χ1n) is 8.68. The quantitative estimate of drug-likeness (QED) is 0.453. The Hall–Kier alpha value is -1.65. The lowest BCUT2D eigenvalue weighted by atomic mass is 9.90. The van der Waals surface area contributed by atoms with Gasteiger partial charge in [-0.05, 0) is 18.8 Å². The van der Waals surface area contributed by atoms with Crippen LogP contribution in [0, 0.1) is 11.3 Å². The van der Waals surface area contributed by atoms with Crippen molar-refractivity contribution in [3.05, 3.63) is 35.9 Å². The summed E-state index contributed by atoms with van der Waals surface area (Å²) in [5.74, 6) is -0.0433. The average Bonchev–Trinajstić information content (AvgIpc) is 2.88. The first-order valence-corrected chi connectivity index (χ1v) is 10.1. The van der Waals surface area contributed by atoms with E-state index in [1.165, 1.54) is 12.7 Å². The normalized spacial score (nSPS) is 22.7. The molecule has 0 heterocycles. The van der Waals surface area contributed by atoms with E-state index in [4.69, 9.17) is 17.7 Å². The molecule has 1 fully saturated rings. The molecule has 2 rings (SSSR count). The summed E-state index contributed by atoms with van der Waals surface area (Å²) in [6.45, 7) is 6.68. The number of carbonyl (C=O) groups excluding carboxylic acids is 1. The Morgan fingerprint density at radius 3 is 2.18 bits per heavy atom. The smallest absolute Gasteiger partial charge is 0.485 e. The number of alkyl halides is 3. The number of rotatable bonds is 4. The minimum absolute atomic E-state index is 0.0150. The van der Waals surface area contributed by atoms with Gasteiger partial charge in [-0.2, -0.15) is 13.2 Å². The third-order valence-electron chi connectivity index (χ3n) is 4.73. The fraction of sp³-hybridized carbons (Fsp3) is 0.611. The largest absolute Gasteiger partial charge is 0.741 e. The molecule has 0 amide bonds. The zero-order valence-electron chi connectivity index (χ0n) is 16.2. The van der Waals surface area contributed by atoms with Crippen LogP contribution in [-0.2, 0) is 19.6 Å². The van der Waals surface area contributed by atoms with Crippen LogP contribution in [-0.4, -0.2) is 37.6 Å². The van der Waals surface area contributed by atoms with E-state index < -0.39 is 15.6 Å². The van der Waals surface area contributed by atoms with Gasteiger partial charge in [0.05, 0.1) is 7.11 Å². The molecular formula is C18H26F3NO5S. The number of benzene rings is 1. The second-order valence-corrected chi connectivity index (χ2v) is 9.03. The number of hydrogen-bond donors (Lipinski definition) is 1. The molecule has 1 aromatic rings. The Morgan fingerprint density at radius 2 is 1.75 bits per heavy atom. The van der Waals surface area contributed by atoms with Crippen LogP contribution in [0.15, 0.2) is 30.3 Å². The summed E-state index contributed by atoms with van der Waals surface area (Å²) in [7, 11) is -4.60. The van der Waals surface area contributed by atoms with Gasteiger partial charge in [-0.3, -0.25) is 4.79 Å². The maximum atomic E-state index is 12.0. The van der Waals surface area contributed by atoms with E-state index in [2.05, 4.69) is 50.4 Å². The van der Waals surface area contributed by atoms with Crippen molar-refractivity contribution in [3.63, 3.8) is 0 Å². The number of methoxy groups -OCH3 is 1. The van der Waals surface area contributed by atoms with E-state index >= 15 is 0 Å². The second kappa shape index (κ2) is 9.23. The van der Waals surface area contributed by atoms with Gasteiger partial charge in [0.2, 0.25) is 0 Å². The highest BCUT2D eigenvalue weighted by molar-refractivity contribution is 7.86. The summed E-state index contributed by atoms with van der Waals surface area (Å²) in [4.78, 5) is 12.0. The molecule has 160 valence electrons. The number of nitrogens with two attached hydrogens (primary N) is 1. The van der Waals surface area contributed by atoms with Gasteiger partial charge in [-0.1, -0.05) is 44.2 Å². The fourth-order valence-electron chi connectivity index (χ4n) is 3.46. The minimum Gasteiger partial charge on any atom is -0.741 e. The molecule has 0 bridgehead atoms. The standard InChI is InChI=1S/C17H25NO2.CHF3O3S/c1-12(13-8-6-5-7-9-13)18-15-11-17(2,3)10-14(15)16(19)20-4;2-1(3,4)8(5,6)7/h5-9,12,14-15,18H,10-11H2,1-4H3;(H,5,6,7)/t12-,14-,15-;/m1./s1. The second-order valence-electron chi connectivity index (χ2n) is 7.66. The number of quaternary nitrogens is 1. The Bertz CT molecular complexity index is 750. The molecule has 28 heavy (non-hydrogen) atoms. The minimum atomic E-state index is -6.09. The number of halogens is 3. The van der Waals surface area contributed by atoms with Crippen LogP contribution in [0.4, 0.5) is 13.2 Å². The lowest BCUT2D eigenvalue weighted by Gasteiger charge is -2.21. The first kappa shape index (κ1) is 24.4. The molecule has 10 heteroatoms. The van der Waals surface area contributed by atoms with Crippen LogP contribution in [0.25, 0.3) is 0 Å². The van der Waals surface area contributed by atoms with Crippen molar-refractivity contribution in [2.45, 2.75) is 51.2 Å². The van der Waals surface area contributed by atoms with Crippen molar-refractivity contribution in [1.82, 2.24) is 0 Å². The van der Waals surface area contributed by atoms with Gasteiger partial charge in [-0.25, -0.2) is 8.42 Å². The predicted octanol–water partition coefficient (Wildman–Crippen LogP) is 2.34. The lowest BCUT2D eigenvalue weighted by Crippen LogP contribution is -2.91. The van der Waals surface area contributed by atoms with E-state index in [9.17, 15) is 18.0 Å². The Morgan fingerprint density at radius 1 is 1.25 bits per heavy atom. The number of esters is 1. The summed E-state index contributed by atoms with van der Waals surface area (Å²) in [6.07, 6.45) is 1.98. The maximum Gasteiger partial charge on any atom is 0.485 e. The van der Waals surface area contributed by atoms with Crippen molar-refractivity contribution in [2.75, 3.05) is 7.11 Å². The van der Waals surface area contributed by atoms with Gasteiger partial charge in [0.15, 0.2) is 10.1 Å². The molecule has 3 atom stereocenters. The van der Waals surface area contributed by atoms with Crippen molar-refractivity contribution in [3.8, 4) is 0 Å². The van der Waals surface area contributed by atoms with Gasteiger partial charge in [0, 0.05) is 12.0 Å². The van der Waals surface area contributed by atoms with E-state index in [1.807, 2.05) is 6.07 Å². The van der Waals surface area contributed by atoms with Gasteiger partial charge in [-0.15, -0.1) is 0 Å². The monoisotopic (exact) mass is 425 g/mol. The number of ether oxygens (including phenoxy) is 1. The highest BCUT2D eigenvalue weighted by Gasteiger charge is 2.46. The molecule has 0 saturated heterocycles. The highest BCUT2D eigenvalue weighted by atomic mass is 32.2. The van der Waals surface area contributed by atoms with E-state index in [1.54, 1.807) is 0 Å². The molecule has 1 aromatic carbocycles. The van der Waals surface area contributed by atoms with Crippen molar-refractivity contribution in [2.24, 2.45) is 11.3 Å². The van der Waals surface area contributed by atoms with Crippen LogP contribution in [0.2, 0.25) is 0 Å². The van der Waals surface area contributed by atoms with E-state index in [0.29, 0.717) is 12.1 Å². The Balaban J connectivity index is 0.000000416. The van der Waals surface area contributed by atoms with Crippen LogP contribution in [0.5, 0.6) is 0 Å². The van der Waals surface area contributed by atoms with Gasteiger partial charge < -0.3 is 14.6 Å². The Kier molecular flexibility index (Phi) is 8.04. The fourth-order valence-corrected chi connectivity index (χ4v) is 3.46. The molecule has 6 nitrogen and oxygen atoms in total. The van der Waals surface area contributed by atoms with Gasteiger partial charge in [0.25, 0.3) is 0 Å². The van der Waals surface area contributed by atoms with Crippen molar-refractivity contribution >= 4 is 16.1 Å². The molecule has 0 unspecified atom stereocenters. The summed E-state index contributed by atoms with van der Waals surface area (Å²) >= 11 is 0. The van der Waals surface area contributed by atoms with Crippen LogP contribution in [0.3, 0.4) is 0 Å². The van der Waals surface area contributed by atoms with Gasteiger partial charge in [0.1, 0.15) is 18.0 Å². The lowest BCUT2D eigenvalue weighted by molar-refractivity contribution is -0.727. The van der Waals surface area contributed by atoms with Crippen LogP contribution in [0.1, 0.15) is 45.2 Å². The van der Waals surface area contributed by atoms with E-state index in [-0.39, 0.29) is 17.3 Å². The molecule has 2 N–H and O–H groups in total. The third-order valence-corrected chi connectivity index (χ3v) is 5.29. The third kappa shape index (κ3) is 7.06. The summed E-state index contributed by atoms with van der Waals surface area (Å²) < 4.78 is 63.9. The molecule has 1 saturated carbocycles. The zero-order valence-corrected chi connectivity index (χ0v) is 17.0. The molecule has 1 aliphatic carbocycles. The number of hydrogen-bond acceptors (Lipinski definition) is 5. The Labute approximate surface area is 163 Å². The van der Waals surface area contributed by atoms with E-state index in [0.717, 1.165) is 12.8 Å². The average molecular weight is 425 g/mol. The SMILES string of the molecule is COC(=O)[C@@H]1CC(C)(C)C[C@H]1[NH2+][C@H](C)c1ccccc1.O=S(=O)([O-])C(F)(F)F.